The van der Waals surface area contributed by atoms with Crippen LogP contribution in [0.3, 0.4) is 0 Å². The van der Waals surface area contributed by atoms with E-state index in [1.54, 1.807) is 7.05 Å². The summed E-state index contributed by atoms with van der Waals surface area (Å²) in [6.07, 6.45) is 2.29. The highest BCUT2D eigenvalue weighted by atomic mass is 16.5. The molecule has 4 heteroatoms. The van der Waals surface area contributed by atoms with Crippen molar-refractivity contribution < 1.29 is 4.74 Å². The molecular formula is C16H27N3O. The Labute approximate surface area is 122 Å². The van der Waals surface area contributed by atoms with Crippen LogP contribution in [0.2, 0.25) is 0 Å². The van der Waals surface area contributed by atoms with Crippen molar-refractivity contribution in [1.29, 1.82) is 0 Å². The minimum atomic E-state index is 0.304. The second-order valence-electron chi connectivity index (χ2n) is 4.93. The van der Waals surface area contributed by atoms with Gasteiger partial charge in [-0.05, 0) is 32.3 Å². The first-order valence-corrected chi connectivity index (χ1v) is 7.32. The normalized spacial score (nSPS) is 11.7. The van der Waals surface area contributed by atoms with Gasteiger partial charge in [0.05, 0.1) is 6.10 Å². The number of ether oxygens (including phenoxy) is 1. The summed E-state index contributed by atoms with van der Waals surface area (Å²) in [4.78, 5) is 4.21. The lowest BCUT2D eigenvalue weighted by Gasteiger charge is -2.12. The Morgan fingerprint density at radius 2 is 1.85 bits per heavy atom. The van der Waals surface area contributed by atoms with E-state index in [0.29, 0.717) is 6.10 Å². The molecule has 4 nitrogen and oxygen atoms in total. The van der Waals surface area contributed by atoms with E-state index in [4.69, 9.17) is 4.74 Å². The van der Waals surface area contributed by atoms with E-state index >= 15 is 0 Å². The van der Waals surface area contributed by atoms with Crippen molar-refractivity contribution in [3.05, 3.63) is 35.9 Å². The minimum absolute atomic E-state index is 0.304. The van der Waals surface area contributed by atoms with Crippen molar-refractivity contribution in [2.45, 2.75) is 32.8 Å². The minimum Gasteiger partial charge on any atom is -0.379 e. The number of nitrogens with one attached hydrogen (secondary N) is 2. The van der Waals surface area contributed by atoms with E-state index in [0.717, 1.165) is 38.5 Å². The largest absolute Gasteiger partial charge is 0.379 e. The highest BCUT2D eigenvalue weighted by Gasteiger charge is 1.98. The van der Waals surface area contributed by atoms with Gasteiger partial charge in [0.2, 0.25) is 0 Å². The molecule has 0 aliphatic heterocycles. The molecule has 0 bridgehead atoms. The predicted molar refractivity (Wildman–Crippen MR) is 85.2 cm³/mol. The van der Waals surface area contributed by atoms with Crippen LogP contribution in [0.25, 0.3) is 0 Å². The van der Waals surface area contributed by atoms with Gasteiger partial charge in [-0.1, -0.05) is 30.3 Å². The van der Waals surface area contributed by atoms with Crippen LogP contribution in [-0.2, 0) is 11.2 Å². The summed E-state index contributed by atoms with van der Waals surface area (Å²) < 4.78 is 5.50. The molecule has 1 rings (SSSR count). The van der Waals surface area contributed by atoms with E-state index in [9.17, 15) is 0 Å². The second-order valence-corrected chi connectivity index (χ2v) is 4.93. The van der Waals surface area contributed by atoms with Crippen LogP contribution in [-0.4, -0.2) is 38.8 Å². The molecule has 1 aromatic rings. The van der Waals surface area contributed by atoms with Crippen molar-refractivity contribution in [3.8, 4) is 0 Å². The maximum atomic E-state index is 5.50. The van der Waals surface area contributed by atoms with E-state index in [2.05, 4.69) is 53.7 Å². The zero-order valence-corrected chi connectivity index (χ0v) is 12.9. The van der Waals surface area contributed by atoms with Crippen LogP contribution in [0.15, 0.2) is 35.3 Å². The van der Waals surface area contributed by atoms with Gasteiger partial charge in [-0.2, -0.15) is 0 Å². The molecule has 0 aromatic heterocycles. The fourth-order valence-electron chi connectivity index (χ4n) is 1.79. The van der Waals surface area contributed by atoms with Crippen LogP contribution in [0.5, 0.6) is 0 Å². The summed E-state index contributed by atoms with van der Waals surface area (Å²) in [5.41, 5.74) is 1.33. The monoisotopic (exact) mass is 277 g/mol. The number of benzene rings is 1. The molecule has 0 spiro atoms. The Hall–Kier alpha value is -1.55. The molecule has 20 heavy (non-hydrogen) atoms. The van der Waals surface area contributed by atoms with Crippen molar-refractivity contribution in [3.63, 3.8) is 0 Å². The third kappa shape index (κ3) is 7.79. The van der Waals surface area contributed by atoms with Gasteiger partial charge in [0.25, 0.3) is 0 Å². The van der Waals surface area contributed by atoms with Gasteiger partial charge in [-0.25, -0.2) is 0 Å². The molecule has 112 valence electrons. The van der Waals surface area contributed by atoms with Crippen LogP contribution in [0, 0.1) is 0 Å². The zero-order chi connectivity index (χ0) is 14.6. The van der Waals surface area contributed by atoms with Gasteiger partial charge in [0.1, 0.15) is 0 Å². The Balaban J connectivity index is 2.11. The van der Waals surface area contributed by atoms with Crippen molar-refractivity contribution in [2.24, 2.45) is 4.99 Å². The Kier molecular flexibility index (Phi) is 8.47. The van der Waals surface area contributed by atoms with Gasteiger partial charge in [0.15, 0.2) is 5.96 Å². The second kappa shape index (κ2) is 10.3. The van der Waals surface area contributed by atoms with Crippen molar-refractivity contribution in [2.75, 3.05) is 26.7 Å². The number of rotatable bonds is 8. The standard InChI is InChI=1S/C16H27N3O/c1-14(2)20-13-7-11-18-16(17-3)19-12-10-15-8-5-4-6-9-15/h4-6,8-9,14H,7,10-13H2,1-3H3,(H2,17,18,19). The average Bonchev–Trinajstić information content (AvgIpc) is 2.46. The maximum absolute atomic E-state index is 5.50. The number of hydrogen-bond donors (Lipinski definition) is 2. The summed E-state index contributed by atoms with van der Waals surface area (Å²) in [6.45, 7) is 6.64. The topological polar surface area (TPSA) is 45.7 Å². The fourth-order valence-corrected chi connectivity index (χ4v) is 1.79. The van der Waals surface area contributed by atoms with E-state index < -0.39 is 0 Å². The van der Waals surface area contributed by atoms with Crippen molar-refractivity contribution in [1.82, 2.24) is 10.6 Å². The van der Waals surface area contributed by atoms with Gasteiger partial charge in [0, 0.05) is 26.7 Å². The predicted octanol–water partition coefficient (Wildman–Crippen LogP) is 2.21. The highest BCUT2D eigenvalue weighted by Crippen LogP contribution is 1.97. The van der Waals surface area contributed by atoms with Gasteiger partial charge < -0.3 is 15.4 Å². The summed E-state index contributed by atoms with van der Waals surface area (Å²) >= 11 is 0. The molecule has 0 unspecified atom stereocenters. The quantitative estimate of drug-likeness (QED) is 0.435. The molecule has 0 atom stereocenters. The van der Waals surface area contributed by atoms with Crippen LogP contribution in [0.4, 0.5) is 0 Å². The molecule has 0 fully saturated rings. The van der Waals surface area contributed by atoms with Gasteiger partial charge in [-0.15, -0.1) is 0 Å². The summed E-state index contributed by atoms with van der Waals surface area (Å²) in [5.74, 6) is 0.852. The van der Waals surface area contributed by atoms with E-state index in [1.165, 1.54) is 5.56 Å². The molecule has 0 amide bonds. The van der Waals surface area contributed by atoms with Crippen molar-refractivity contribution >= 4 is 5.96 Å². The lowest BCUT2D eigenvalue weighted by Crippen LogP contribution is -2.39. The zero-order valence-electron chi connectivity index (χ0n) is 12.9. The maximum Gasteiger partial charge on any atom is 0.190 e. The van der Waals surface area contributed by atoms with Crippen LogP contribution >= 0.6 is 0 Å². The van der Waals surface area contributed by atoms with Gasteiger partial charge in [-0.3, -0.25) is 4.99 Å². The molecule has 0 saturated heterocycles. The molecule has 1 aromatic carbocycles. The lowest BCUT2D eigenvalue weighted by atomic mass is 10.1. The Morgan fingerprint density at radius 3 is 2.50 bits per heavy atom. The van der Waals surface area contributed by atoms with E-state index in [1.807, 2.05) is 6.07 Å². The summed E-state index contributed by atoms with van der Waals surface area (Å²) in [7, 11) is 1.79. The SMILES string of the molecule is CN=C(NCCCOC(C)C)NCCc1ccccc1. The molecule has 0 aliphatic carbocycles. The highest BCUT2D eigenvalue weighted by molar-refractivity contribution is 5.79. The third-order valence-corrected chi connectivity index (χ3v) is 2.84. The first-order valence-electron chi connectivity index (χ1n) is 7.32. The molecular weight excluding hydrogens is 250 g/mol. The number of nitrogens with zero attached hydrogens (tertiary/aromatic N) is 1. The summed E-state index contributed by atoms with van der Waals surface area (Å²) in [6, 6.07) is 10.5. The molecule has 2 N–H and O–H groups in total. The third-order valence-electron chi connectivity index (χ3n) is 2.84. The number of hydrogen-bond acceptors (Lipinski definition) is 2. The Morgan fingerprint density at radius 1 is 1.15 bits per heavy atom. The molecule has 0 heterocycles. The molecule has 0 saturated carbocycles. The van der Waals surface area contributed by atoms with Crippen LogP contribution in [0.1, 0.15) is 25.8 Å². The summed E-state index contributed by atoms with van der Waals surface area (Å²) in [5, 5.41) is 6.60. The number of aliphatic imine (C=N–C) groups is 1. The molecule has 0 radical (unpaired) electrons. The first kappa shape index (κ1) is 16.5. The lowest BCUT2D eigenvalue weighted by molar-refractivity contribution is 0.0776. The van der Waals surface area contributed by atoms with Crippen LogP contribution < -0.4 is 10.6 Å². The number of guanidine groups is 1. The average molecular weight is 277 g/mol. The Bertz CT molecular complexity index is 377. The van der Waals surface area contributed by atoms with E-state index in [-0.39, 0.29) is 0 Å². The smallest absolute Gasteiger partial charge is 0.190 e. The molecule has 0 aliphatic rings. The first-order chi connectivity index (χ1) is 9.72. The fraction of sp³-hybridized carbons (Fsp3) is 0.562. The van der Waals surface area contributed by atoms with Gasteiger partial charge >= 0.3 is 0 Å².